The Morgan fingerprint density at radius 1 is 1.38 bits per heavy atom. The summed E-state index contributed by atoms with van der Waals surface area (Å²) in [5, 5.41) is 14.4. The Morgan fingerprint density at radius 2 is 2.12 bits per heavy atom. The van der Waals surface area contributed by atoms with E-state index in [0.29, 0.717) is 19.4 Å². The van der Waals surface area contributed by atoms with Crippen LogP contribution in [-0.2, 0) is 16.1 Å². The molecule has 128 valence electrons. The Balaban J connectivity index is 1.72. The summed E-state index contributed by atoms with van der Waals surface area (Å²) in [5.41, 5.74) is 0.150. The normalized spacial score (nSPS) is 21.0. The average molecular weight is 330 g/mol. The molecule has 0 spiro atoms. The minimum absolute atomic E-state index is 0.0410. The van der Waals surface area contributed by atoms with Crippen molar-refractivity contribution in [2.45, 2.75) is 38.8 Å². The number of aliphatic hydroxyl groups is 1. The fourth-order valence-corrected chi connectivity index (χ4v) is 3.26. The summed E-state index contributed by atoms with van der Waals surface area (Å²) in [7, 11) is 0. The number of hydrogen-bond acceptors (Lipinski definition) is 4. The summed E-state index contributed by atoms with van der Waals surface area (Å²) in [6.45, 7) is 4.21. The number of aryl methyl sites for hydroxylation is 1. The second-order valence-corrected chi connectivity index (χ2v) is 6.39. The van der Waals surface area contributed by atoms with Crippen molar-refractivity contribution < 1.29 is 19.1 Å². The summed E-state index contributed by atoms with van der Waals surface area (Å²) in [6.07, 6.45) is 0.963. The monoisotopic (exact) mass is 330 g/mol. The summed E-state index contributed by atoms with van der Waals surface area (Å²) in [4.78, 5) is 25.5. The molecule has 1 aliphatic heterocycles. The minimum Gasteiger partial charge on any atom is -0.461 e. The van der Waals surface area contributed by atoms with Gasteiger partial charge < -0.3 is 19.7 Å². The van der Waals surface area contributed by atoms with Gasteiger partial charge in [0.25, 0.3) is 5.91 Å². The molecule has 2 heterocycles. The van der Waals surface area contributed by atoms with Gasteiger partial charge in [-0.05, 0) is 25.8 Å². The molecule has 0 unspecified atom stereocenters. The summed E-state index contributed by atoms with van der Waals surface area (Å²) in [6, 6.07) is 7.64. The van der Waals surface area contributed by atoms with Crippen LogP contribution in [0.5, 0.6) is 0 Å². The van der Waals surface area contributed by atoms with E-state index in [4.69, 9.17) is 4.42 Å². The Hall–Kier alpha value is -2.34. The van der Waals surface area contributed by atoms with Crippen LogP contribution < -0.4 is 5.32 Å². The van der Waals surface area contributed by atoms with Crippen LogP contribution in [0.2, 0.25) is 0 Å². The maximum absolute atomic E-state index is 12.5. The molecule has 2 amide bonds. The number of amides is 2. The van der Waals surface area contributed by atoms with Crippen LogP contribution in [0.3, 0.4) is 0 Å². The number of rotatable bonds is 3. The molecule has 1 fully saturated rings. The van der Waals surface area contributed by atoms with Crippen LogP contribution in [-0.4, -0.2) is 40.5 Å². The Kier molecular flexibility index (Phi) is 4.32. The minimum atomic E-state index is -1.53. The smallest absolute Gasteiger partial charge is 0.254 e. The molecule has 0 saturated carbocycles. The van der Waals surface area contributed by atoms with Gasteiger partial charge in [-0.2, -0.15) is 0 Å². The molecule has 1 atom stereocenters. The van der Waals surface area contributed by atoms with Crippen LogP contribution in [0.1, 0.15) is 31.1 Å². The van der Waals surface area contributed by atoms with Crippen molar-refractivity contribution >= 4 is 22.8 Å². The predicted octanol–water partition coefficient (Wildman–Crippen LogP) is 1.73. The number of para-hydroxylation sites is 1. The van der Waals surface area contributed by atoms with E-state index in [0.717, 1.165) is 22.3 Å². The number of hydrogen-bond donors (Lipinski definition) is 2. The predicted molar refractivity (Wildman–Crippen MR) is 89.2 cm³/mol. The molecule has 1 aromatic carbocycles. The molecule has 3 rings (SSSR count). The molecular weight excluding hydrogens is 308 g/mol. The highest BCUT2D eigenvalue weighted by molar-refractivity contribution is 5.87. The molecule has 1 aromatic heterocycles. The lowest BCUT2D eigenvalue weighted by molar-refractivity contribution is -0.150. The van der Waals surface area contributed by atoms with E-state index in [1.54, 1.807) is 0 Å². The SMILES string of the molecule is CC(=O)N1CCC[C@@](O)(C(=O)NCc2c(C)oc3ccccc23)C1. The zero-order valence-electron chi connectivity index (χ0n) is 14.0. The van der Waals surface area contributed by atoms with Crippen molar-refractivity contribution in [3.8, 4) is 0 Å². The molecular formula is C18H22N2O4. The maximum atomic E-state index is 12.5. The first-order chi connectivity index (χ1) is 11.4. The lowest BCUT2D eigenvalue weighted by Gasteiger charge is -2.37. The molecule has 1 aliphatic rings. The second-order valence-electron chi connectivity index (χ2n) is 6.39. The van der Waals surface area contributed by atoms with Crippen LogP contribution in [0.4, 0.5) is 0 Å². The average Bonchev–Trinajstić information content (AvgIpc) is 2.88. The van der Waals surface area contributed by atoms with Crippen LogP contribution in [0, 0.1) is 6.92 Å². The van der Waals surface area contributed by atoms with E-state index in [1.807, 2.05) is 31.2 Å². The van der Waals surface area contributed by atoms with Crippen LogP contribution >= 0.6 is 0 Å². The van der Waals surface area contributed by atoms with E-state index in [1.165, 1.54) is 11.8 Å². The number of piperidine rings is 1. The molecule has 24 heavy (non-hydrogen) atoms. The van der Waals surface area contributed by atoms with Crippen molar-refractivity contribution in [1.82, 2.24) is 10.2 Å². The van der Waals surface area contributed by atoms with E-state index in [-0.39, 0.29) is 19.0 Å². The standard InChI is InChI=1S/C18H22N2O4/c1-12-15(14-6-3-4-7-16(14)24-12)10-19-17(22)18(23)8-5-9-20(11-18)13(2)21/h3-4,6-7,23H,5,8-11H2,1-2H3,(H,19,22)/t18-/m0/s1. The second kappa shape index (κ2) is 6.28. The van der Waals surface area contributed by atoms with E-state index < -0.39 is 11.5 Å². The van der Waals surface area contributed by atoms with Gasteiger partial charge in [-0.3, -0.25) is 9.59 Å². The van der Waals surface area contributed by atoms with Crippen molar-refractivity contribution in [2.75, 3.05) is 13.1 Å². The zero-order chi connectivity index (χ0) is 17.3. The molecule has 0 bridgehead atoms. The number of nitrogens with one attached hydrogen (secondary N) is 1. The first-order valence-corrected chi connectivity index (χ1v) is 8.14. The van der Waals surface area contributed by atoms with Crippen molar-refractivity contribution in [3.05, 3.63) is 35.6 Å². The Labute approximate surface area is 140 Å². The summed E-state index contributed by atoms with van der Waals surface area (Å²) >= 11 is 0. The fourth-order valence-electron chi connectivity index (χ4n) is 3.26. The zero-order valence-corrected chi connectivity index (χ0v) is 14.0. The van der Waals surface area contributed by atoms with Gasteiger partial charge in [-0.25, -0.2) is 0 Å². The van der Waals surface area contributed by atoms with Gasteiger partial charge in [0.05, 0.1) is 6.54 Å². The van der Waals surface area contributed by atoms with Gasteiger partial charge in [0.2, 0.25) is 5.91 Å². The number of benzene rings is 1. The van der Waals surface area contributed by atoms with Gasteiger partial charge in [0.1, 0.15) is 11.3 Å². The van der Waals surface area contributed by atoms with Crippen molar-refractivity contribution in [1.29, 1.82) is 0 Å². The van der Waals surface area contributed by atoms with Crippen molar-refractivity contribution in [2.24, 2.45) is 0 Å². The Morgan fingerprint density at radius 3 is 2.88 bits per heavy atom. The topological polar surface area (TPSA) is 82.8 Å². The van der Waals surface area contributed by atoms with E-state index >= 15 is 0 Å². The molecule has 6 heteroatoms. The third-order valence-corrected chi connectivity index (χ3v) is 4.66. The number of carbonyl (C=O) groups excluding carboxylic acids is 2. The first kappa shape index (κ1) is 16.5. The van der Waals surface area contributed by atoms with Crippen molar-refractivity contribution in [3.63, 3.8) is 0 Å². The third-order valence-electron chi connectivity index (χ3n) is 4.66. The fraction of sp³-hybridized carbons (Fsp3) is 0.444. The third kappa shape index (κ3) is 3.01. The lowest BCUT2D eigenvalue weighted by Crippen LogP contribution is -2.57. The number of carbonyl (C=O) groups is 2. The van der Waals surface area contributed by atoms with Crippen LogP contribution in [0.15, 0.2) is 28.7 Å². The summed E-state index contributed by atoms with van der Waals surface area (Å²) in [5.74, 6) is 0.174. The van der Waals surface area contributed by atoms with Gasteiger partial charge in [0.15, 0.2) is 5.60 Å². The molecule has 0 radical (unpaired) electrons. The number of likely N-dealkylation sites (tertiary alicyclic amines) is 1. The lowest BCUT2D eigenvalue weighted by atomic mass is 9.91. The summed E-state index contributed by atoms with van der Waals surface area (Å²) < 4.78 is 5.68. The van der Waals surface area contributed by atoms with Crippen LogP contribution in [0.25, 0.3) is 11.0 Å². The number of furan rings is 1. The van der Waals surface area contributed by atoms with Gasteiger partial charge in [0, 0.05) is 31.0 Å². The number of β-amino-alcohol motifs (C(OH)–C–C–N with tert-alkyl or cyclic N) is 1. The Bertz CT molecular complexity index is 782. The largest absolute Gasteiger partial charge is 0.461 e. The van der Waals surface area contributed by atoms with Gasteiger partial charge in [-0.15, -0.1) is 0 Å². The molecule has 6 nitrogen and oxygen atoms in total. The molecule has 0 aliphatic carbocycles. The molecule has 1 saturated heterocycles. The molecule has 2 N–H and O–H groups in total. The first-order valence-electron chi connectivity index (χ1n) is 8.14. The van der Waals surface area contributed by atoms with Gasteiger partial charge in [-0.1, -0.05) is 18.2 Å². The highest BCUT2D eigenvalue weighted by Crippen LogP contribution is 2.26. The quantitative estimate of drug-likeness (QED) is 0.898. The molecule has 2 aromatic rings. The highest BCUT2D eigenvalue weighted by atomic mass is 16.3. The highest BCUT2D eigenvalue weighted by Gasteiger charge is 2.41. The van der Waals surface area contributed by atoms with E-state index in [9.17, 15) is 14.7 Å². The van der Waals surface area contributed by atoms with Gasteiger partial charge >= 0.3 is 0 Å². The maximum Gasteiger partial charge on any atom is 0.254 e. The number of nitrogens with zero attached hydrogens (tertiary/aromatic N) is 1. The van der Waals surface area contributed by atoms with E-state index in [2.05, 4.69) is 5.32 Å². The number of fused-ring (bicyclic) bond motifs is 1.